The zero-order valence-electron chi connectivity index (χ0n) is 31.9. The Morgan fingerprint density at radius 1 is 1.07 bits per heavy atom. The van der Waals surface area contributed by atoms with Crippen LogP contribution in [-0.4, -0.2) is 58.7 Å². The Bertz CT molecular complexity index is 1870. The minimum Gasteiger partial charge on any atom is -0.507 e. The van der Waals surface area contributed by atoms with Crippen LogP contribution >= 0.6 is 23.1 Å². The predicted octanol–water partition coefficient (Wildman–Crippen LogP) is 8.31. The first-order valence-electron chi connectivity index (χ1n) is 19.0. The number of fused-ring (bicyclic) bond motifs is 1. The summed E-state index contributed by atoms with van der Waals surface area (Å²) in [6, 6.07) is 14.2. The number of aryl methyl sites for hydroxylation is 1. The number of aromatic hydroxyl groups is 1. The number of hydrogen-bond acceptors (Lipinski definition) is 9. The maximum Gasteiger partial charge on any atom is 0.355 e. The topological polar surface area (TPSA) is 114 Å². The highest BCUT2D eigenvalue weighted by atomic mass is 32.2. The van der Waals surface area contributed by atoms with E-state index >= 15 is 0 Å². The van der Waals surface area contributed by atoms with Crippen LogP contribution in [0.1, 0.15) is 87.3 Å². The Morgan fingerprint density at radius 2 is 1.87 bits per heavy atom. The second kappa shape index (κ2) is 17.9. The fourth-order valence-corrected chi connectivity index (χ4v) is 9.69. The van der Waals surface area contributed by atoms with Crippen LogP contribution < -0.4 is 14.8 Å². The maximum atomic E-state index is 14.0. The number of hydrogen-bond donors (Lipinski definition) is 2. The number of phenols is 1. The number of thiophene rings is 1. The average molecular weight is 773 g/mol. The van der Waals surface area contributed by atoms with Crippen molar-refractivity contribution in [1.82, 2.24) is 10.2 Å². The van der Waals surface area contributed by atoms with Gasteiger partial charge in [-0.1, -0.05) is 63.5 Å². The van der Waals surface area contributed by atoms with Gasteiger partial charge >= 0.3 is 5.97 Å². The lowest BCUT2D eigenvalue weighted by Gasteiger charge is -2.49. The average Bonchev–Trinajstić information content (AvgIpc) is 3.67. The van der Waals surface area contributed by atoms with E-state index < -0.39 is 17.4 Å². The summed E-state index contributed by atoms with van der Waals surface area (Å²) in [5.74, 6) is 1.38. The summed E-state index contributed by atoms with van der Waals surface area (Å²) in [6.45, 7) is 8.81. The fourth-order valence-electron chi connectivity index (χ4n) is 7.66. The standard InChI is InChI=1S/C43H52N2O7S2/c1-6-7-8-10-29-20-35(46)38(34-19-27(4)12-17-33(34)26(2)3)36(21-29)51-24-30-25-54-42-39(44-37(47)22-32-11-9-18-53-32)41(48)45(42)40(30)43(49)52-23-28-13-15-31(50-5)16-14-28/h9,11,13-16,18-21,26,33-34,39,42,46H,6-8,10,12,17,22-25H2,1-5H3,(H,44,47)/t33-,34+,39+,42+/m0/s1. The van der Waals surface area contributed by atoms with Gasteiger partial charge in [-0.15, -0.1) is 23.1 Å². The molecule has 4 atom stereocenters. The molecule has 0 radical (unpaired) electrons. The van der Waals surface area contributed by atoms with Crippen molar-refractivity contribution >= 4 is 40.9 Å². The van der Waals surface area contributed by atoms with Gasteiger partial charge in [-0.05, 0) is 91.3 Å². The molecule has 1 aromatic heterocycles. The number of allylic oxidation sites excluding steroid dienone is 2. The van der Waals surface area contributed by atoms with Gasteiger partial charge in [0.25, 0.3) is 5.91 Å². The van der Waals surface area contributed by atoms with Crippen molar-refractivity contribution < 1.29 is 33.7 Å². The molecule has 1 saturated heterocycles. The molecule has 2 aromatic carbocycles. The number of carbonyl (C=O) groups is 3. The molecule has 2 N–H and O–H groups in total. The minimum absolute atomic E-state index is 0.00304. The SMILES string of the molecule is CCCCCc1cc(O)c([C@@H]2C=C(C)CC[C@H]2C(C)C)c(OCC2=C(C(=O)OCc3ccc(OC)cc3)N3C(=O)[C@@H](NC(=O)Cc4cccs4)[C@H]3SC2)c1. The first-order valence-corrected chi connectivity index (χ1v) is 20.9. The van der Waals surface area contributed by atoms with Crippen molar-refractivity contribution in [2.75, 3.05) is 19.5 Å². The molecule has 1 fully saturated rings. The highest BCUT2D eigenvalue weighted by Crippen LogP contribution is 2.48. The molecule has 3 aliphatic rings. The number of thioether (sulfide) groups is 1. The smallest absolute Gasteiger partial charge is 0.355 e. The number of nitrogens with zero attached hydrogens (tertiary/aromatic N) is 1. The molecule has 288 valence electrons. The maximum absolute atomic E-state index is 14.0. The van der Waals surface area contributed by atoms with Crippen molar-refractivity contribution in [3.63, 3.8) is 0 Å². The highest BCUT2D eigenvalue weighted by molar-refractivity contribution is 8.00. The van der Waals surface area contributed by atoms with Gasteiger partial charge in [-0.25, -0.2) is 4.79 Å². The minimum atomic E-state index is -0.757. The number of methoxy groups -OCH3 is 1. The Balaban J connectivity index is 1.30. The molecule has 1 aliphatic carbocycles. The van der Waals surface area contributed by atoms with Gasteiger partial charge in [-0.2, -0.15) is 0 Å². The number of esters is 1. The van der Waals surface area contributed by atoms with Gasteiger partial charge in [0.1, 0.15) is 47.6 Å². The largest absolute Gasteiger partial charge is 0.507 e. The van der Waals surface area contributed by atoms with Crippen LogP contribution in [0.5, 0.6) is 17.2 Å². The molecule has 54 heavy (non-hydrogen) atoms. The molecule has 0 bridgehead atoms. The predicted molar refractivity (Wildman–Crippen MR) is 214 cm³/mol. The number of unbranched alkanes of at least 4 members (excludes halogenated alkanes) is 2. The van der Waals surface area contributed by atoms with E-state index in [1.54, 1.807) is 19.2 Å². The van der Waals surface area contributed by atoms with Crippen LogP contribution in [0.3, 0.4) is 0 Å². The molecule has 0 unspecified atom stereocenters. The highest BCUT2D eigenvalue weighted by Gasteiger charge is 2.54. The van der Waals surface area contributed by atoms with Crippen LogP contribution in [0.4, 0.5) is 0 Å². The third-order valence-electron chi connectivity index (χ3n) is 10.6. The lowest BCUT2D eigenvalue weighted by molar-refractivity contribution is -0.153. The van der Waals surface area contributed by atoms with Crippen LogP contribution in [0, 0.1) is 11.8 Å². The van der Waals surface area contributed by atoms with Crippen molar-refractivity contribution in [3.05, 3.63) is 98.4 Å². The number of rotatable bonds is 16. The number of amides is 2. The van der Waals surface area contributed by atoms with Crippen LogP contribution in [0.2, 0.25) is 0 Å². The van der Waals surface area contributed by atoms with E-state index in [0.717, 1.165) is 60.1 Å². The number of phenolic OH excluding ortho intramolecular Hbond substituents is 1. The number of ether oxygens (including phenoxy) is 3. The third-order valence-corrected chi connectivity index (χ3v) is 12.9. The number of carbonyl (C=O) groups excluding carboxylic acids is 3. The van der Waals surface area contributed by atoms with E-state index in [1.165, 1.54) is 33.6 Å². The molecule has 0 spiro atoms. The third kappa shape index (κ3) is 9.00. The second-order valence-electron chi connectivity index (χ2n) is 14.8. The summed E-state index contributed by atoms with van der Waals surface area (Å²) in [4.78, 5) is 43.1. The summed E-state index contributed by atoms with van der Waals surface area (Å²) in [7, 11) is 1.59. The molecule has 3 heterocycles. The van der Waals surface area contributed by atoms with Gasteiger partial charge in [-0.3, -0.25) is 14.5 Å². The van der Waals surface area contributed by atoms with Crippen LogP contribution in [-0.2, 0) is 38.6 Å². The second-order valence-corrected chi connectivity index (χ2v) is 17.0. The van der Waals surface area contributed by atoms with Crippen molar-refractivity contribution in [1.29, 1.82) is 0 Å². The quantitative estimate of drug-likeness (QED) is 0.0647. The molecule has 9 nitrogen and oxygen atoms in total. The molecule has 6 rings (SSSR count). The molecule has 3 aromatic rings. The Hall–Kier alpha value is -4.22. The Labute approximate surface area is 327 Å². The van der Waals surface area contributed by atoms with Crippen LogP contribution in [0.25, 0.3) is 0 Å². The van der Waals surface area contributed by atoms with E-state index in [0.29, 0.717) is 34.7 Å². The summed E-state index contributed by atoms with van der Waals surface area (Å²) in [6.07, 6.45) is 8.51. The van der Waals surface area contributed by atoms with Gasteiger partial charge < -0.3 is 24.6 Å². The summed E-state index contributed by atoms with van der Waals surface area (Å²) in [5.41, 5.74) is 4.61. The first-order chi connectivity index (χ1) is 26.1. The summed E-state index contributed by atoms with van der Waals surface area (Å²) >= 11 is 2.98. The Morgan fingerprint density at radius 3 is 2.57 bits per heavy atom. The first kappa shape index (κ1) is 39.5. The zero-order chi connectivity index (χ0) is 38.4. The van der Waals surface area contributed by atoms with Crippen LogP contribution in [0.15, 0.2) is 76.8 Å². The van der Waals surface area contributed by atoms with Gasteiger partial charge in [0.15, 0.2) is 0 Å². The van der Waals surface area contributed by atoms with E-state index in [1.807, 2.05) is 35.7 Å². The van der Waals surface area contributed by atoms with Gasteiger partial charge in [0, 0.05) is 27.7 Å². The van der Waals surface area contributed by atoms with E-state index in [9.17, 15) is 19.5 Å². The van der Waals surface area contributed by atoms with Crippen molar-refractivity contribution in [2.24, 2.45) is 11.8 Å². The Kier molecular flexibility index (Phi) is 13.1. The molecule has 2 aliphatic heterocycles. The van der Waals surface area contributed by atoms with Crippen molar-refractivity contribution in [3.8, 4) is 17.2 Å². The summed E-state index contributed by atoms with van der Waals surface area (Å²) < 4.78 is 17.8. The normalized spacial score (nSPS) is 21.0. The molecular formula is C43H52N2O7S2. The molecule has 0 saturated carbocycles. The van der Waals surface area contributed by atoms with E-state index in [2.05, 4.69) is 45.2 Å². The molecule has 11 heteroatoms. The monoisotopic (exact) mass is 772 g/mol. The molecular weight excluding hydrogens is 721 g/mol. The summed E-state index contributed by atoms with van der Waals surface area (Å²) in [5, 5.41) is 16.0. The van der Waals surface area contributed by atoms with E-state index in [-0.39, 0.29) is 48.8 Å². The lowest BCUT2D eigenvalue weighted by atomic mass is 9.71. The van der Waals surface area contributed by atoms with Gasteiger partial charge in [0.05, 0.1) is 13.5 Å². The lowest BCUT2D eigenvalue weighted by Crippen LogP contribution is -2.70. The van der Waals surface area contributed by atoms with Gasteiger partial charge in [0.2, 0.25) is 5.91 Å². The number of β-lactam (4-membered cyclic amide) rings is 1. The fraction of sp³-hybridized carbons (Fsp3) is 0.465. The van der Waals surface area contributed by atoms with Crippen molar-refractivity contribution in [2.45, 2.75) is 96.6 Å². The number of benzene rings is 2. The number of nitrogens with one attached hydrogen (secondary N) is 1. The van der Waals surface area contributed by atoms with E-state index in [4.69, 9.17) is 14.2 Å². The molecule has 2 amide bonds. The zero-order valence-corrected chi connectivity index (χ0v) is 33.5.